The number of amides is 2. The number of hydrogen-bond acceptors (Lipinski definition) is 3. The fourth-order valence-corrected chi connectivity index (χ4v) is 9.04. The lowest BCUT2D eigenvalue weighted by atomic mass is 9.46. The van der Waals surface area contributed by atoms with Crippen LogP contribution in [0.15, 0.2) is 60.2 Å². The highest BCUT2D eigenvalue weighted by Gasteiger charge is 2.64. The van der Waals surface area contributed by atoms with Gasteiger partial charge in [0.2, 0.25) is 11.8 Å². The quantitative estimate of drug-likeness (QED) is 0.324. The summed E-state index contributed by atoms with van der Waals surface area (Å²) in [6, 6.07) is 16.0. The molecule has 0 radical (unpaired) electrons. The molecule has 0 bridgehead atoms. The first-order valence-electron chi connectivity index (χ1n) is 16.6. The van der Waals surface area contributed by atoms with Crippen molar-refractivity contribution in [3.8, 4) is 0 Å². The van der Waals surface area contributed by atoms with Crippen LogP contribution in [0.1, 0.15) is 110 Å². The Morgan fingerprint density at radius 3 is 2.23 bits per heavy atom. The molecule has 1 heterocycles. The van der Waals surface area contributed by atoms with Crippen molar-refractivity contribution in [2.75, 3.05) is 5.32 Å². The molecular formula is C39H54N2O3. The SMILES string of the molecule is CC1=CC[C@H]2C(C)(C)CCC[C@]2(C)[C@@]12CC[C@@](C)(CC(=O)N(Cc1ccccc1)C(C)(C)C(=O)Nc1c(C)cccc1C)O2. The average Bonchev–Trinajstić information content (AvgIpc) is 3.31. The molecule has 2 amide bonds. The summed E-state index contributed by atoms with van der Waals surface area (Å²) in [6.07, 6.45) is 9.13. The number of carbonyl (C=O) groups is 2. The van der Waals surface area contributed by atoms with Gasteiger partial charge in [0, 0.05) is 17.6 Å². The van der Waals surface area contributed by atoms with Crippen molar-refractivity contribution in [1.82, 2.24) is 4.90 Å². The van der Waals surface area contributed by atoms with Crippen molar-refractivity contribution in [2.24, 2.45) is 16.7 Å². The zero-order chi connectivity index (χ0) is 32.1. The molecular weight excluding hydrogens is 544 g/mol. The number of nitrogens with one attached hydrogen (secondary N) is 1. The monoisotopic (exact) mass is 598 g/mol. The summed E-state index contributed by atoms with van der Waals surface area (Å²) in [7, 11) is 0. The van der Waals surface area contributed by atoms with Gasteiger partial charge < -0.3 is 15.0 Å². The molecule has 3 aliphatic rings. The Labute approximate surface area is 265 Å². The van der Waals surface area contributed by atoms with E-state index >= 15 is 0 Å². The topological polar surface area (TPSA) is 58.6 Å². The summed E-state index contributed by atoms with van der Waals surface area (Å²) >= 11 is 0. The average molecular weight is 599 g/mol. The van der Waals surface area contributed by atoms with Gasteiger partial charge in [-0.15, -0.1) is 0 Å². The summed E-state index contributed by atoms with van der Waals surface area (Å²) in [5.74, 6) is 0.296. The summed E-state index contributed by atoms with van der Waals surface area (Å²) in [6.45, 7) is 19.8. The number of hydrogen-bond donors (Lipinski definition) is 1. The molecule has 0 unspecified atom stereocenters. The van der Waals surface area contributed by atoms with Crippen molar-refractivity contribution < 1.29 is 14.3 Å². The Balaban J connectivity index is 1.43. The van der Waals surface area contributed by atoms with Crippen LogP contribution in [0.25, 0.3) is 0 Å². The van der Waals surface area contributed by atoms with Crippen LogP contribution in [-0.2, 0) is 20.9 Å². The summed E-state index contributed by atoms with van der Waals surface area (Å²) < 4.78 is 7.31. The van der Waals surface area contributed by atoms with Gasteiger partial charge in [-0.2, -0.15) is 0 Å². The molecule has 1 aliphatic heterocycles. The van der Waals surface area contributed by atoms with Crippen LogP contribution in [0.4, 0.5) is 5.69 Å². The van der Waals surface area contributed by atoms with E-state index in [1.54, 1.807) is 4.90 Å². The Bertz CT molecular complexity index is 1420. The molecule has 1 saturated carbocycles. The minimum Gasteiger partial charge on any atom is -0.363 e. The minimum atomic E-state index is -1.10. The third-order valence-electron chi connectivity index (χ3n) is 11.8. The maximum Gasteiger partial charge on any atom is 0.249 e. The van der Waals surface area contributed by atoms with Crippen molar-refractivity contribution in [2.45, 2.75) is 131 Å². The van der Waals surface area contributed by atoms with Crippen LogP contribution in [0.2, 0.25) is 0 Å². The Kier molecular flexibility index (Phi) is 8.46. The highest BCUT2D eigenvalue weighted by atomic mass is 16.5. The molecule has 44 heavy (non-hydrogen) atoms. The third-order valence-corrected chi connectivity index (χ3v) is 11.8. The molecule has 1 spiro atoms. The van der Waals surface area contributed by atoms with Crippen LogP contribution in [0.5, 0.6) is 0 Å². The Hall–Kier alpha value is -2.92. The van der Waals surface area contributed by atoms with E-state index in [0.29, 0.717) is 12.5 Å². The fraction of sp³-hybridized carbons (Fsp3) is 0.590. The van der Waals surface area contributed by atoms with Gasteiger partial charge in [0.15, 0.2) is 0 Å². The maximum absolute atomic E-state index is 14.5. The standard InChI is InChI=1S/C39H54N2O3/c1-27-15-13-16-28(2)33(27)40-34(43)36(6,7)41(26-30-17-11-10-12-18-30)32(42)25-37(8)23-24-39(44-37)29(3)19-20-31-35(4,5)21-14-22-38(31,39)9/h10-13,15-19,31H,14,20-26H2,1-9H3,(H,40,43)/t31-,37-,38-,39+/m0/s1. The highest BCUT2D eigenvalue weighted by Crippen LogP contribution is 2.66. The van der Waals surface area contributed by atoms with E-state index in [9.17, 15) is 9.59 Å². The number of para-hydroxylation sites is 1. The van der Waals surface area contributed by atoms with Gasteiger partial charge in [-0.3, -0.25) is 9.59 Å². The first-order chi connectivity index (χ1) is 20.5. The molecule has 5 nitrogen and oxygen atoms in total. The summed E-state index contributed by atoms with van der Waals surface area (Å²) in [5.41, 5.74) is 3.35. The van der Waals surface area contributed by atoms with Gasteiger partial charge >= 0.3 is 0 Å². The Morgan fingerprint density at radius 1 is 0.909 bits per heavy atom. The molecule has 0 aromatic heterocycles. The van der Waals surface area contributed by atoms with Gasteiger partial charge in [-0.05, 0) is 107 Å². The number of ether oxygens (including phenoxy) is 1. The number of benzene rings is 2. The van der Waals surface area contributed by atoms with E-state index in [2.05, 4.69) is 46.0 Å². The van der Waals surface area contributed by atoms with Crippen LogP contribution in [0, 0.1) is 30.6 Å². The van der Waals surface area contributed by atoms with E-state index in [4.69, 9.17) is 4.74 Å². The van der Waals surface area contributed by atoms with E-state index in [0.717, 1.165) is 48.1 Å². The predicted octanol–water partition coefficient (Wildman–Crippen LogP) is 8.93. The summed E-state index contributed by atoms with van der Waals surface area (Å²) in [5, 5.41) is 3.17. The van der Waals surface area contributed by atoms with E-state index in [1.165, 1.54) is 18.4 Å². The third kappa shape index (κ3) is 5.55. The second-order valence-corrected chi connectivity index (χ2v) is 15.7. The van der Waals surface area contributed by atoms with Crippen LogP contribution in [0.3, 0.4) is 0 Å². The number of rotatable bonds is 7. The van der Waals surface area contributed by atoms with Gasteiger partial charge in [0.05, 0.1) is 17.6 Å². The Morgan fingerprint density at radius 2 is 1.57 bits per heavy atom. The largest absolute Gasteiger partial charge is 0.363 e. The number of carbonyl (C=O) groups excluding carboxylic acids is 2. The molecule has 238 valence electrons. The molecule has 1 N–H and O–H groups in total. The predicted molar refractivity (Wildman–Crippen MR) is 179 cm³/mol. The fourth-order valence-electron chi connectivity index (χ4n) is 9.04. The first kappa shape index (κ1) is 32.5. The van der Waals surface area contributed by atoms with Gasteiger partial charge in [-0.25, -0.2) is 0 Å². The number of anilines is 1. The van der Waals surface area contributed by atoms with E-state index in [1.807, 2.05) is 76.2 Å². The molecule has 5 rings (SSSR count). The second kappa shape index (κ2) is 11.5. The normalized spacial score (nSPS) is 29.6. The number of nitrogens with zero attached hydrogens (tertiary/aromatic N) is 1. The lowest BCUT2D eigenvalue weighted by molar-refractivity contribution is -0.192. The first-order valence-corrected chi connectivity index (χ1v) is 16.6. The second-order valence-electron chi connectivity index (χ2n) is 15.7. The lowest BCUT2D eigenvalue weighted by Crippen LogP contribution is -2.60. The molecule has 2 fully saturated rings. The molecule has 2 aromatic rings. The zero-order valence-electron chi connectivity index (χ0n) is 28.6. The zero-order valence-corrected chi connectivity index (χ0v) is 28.6. The van der Waals surface area contributed by atoms with Gasteiger partial charge in [0.25, 0.3) is 0 Å². The van der Waals surface area contributed by atoms with Gasteiger partial charge in [0.1, 0.15) is 5.54 Å². The number of fused-ring (bicyclic) bond motifs is 2. The van der Waals surface area contributed by atoms with Crippen molar-refractivity contribution in [3.05, 3.63) is 76.9 Å². The van der Waals surface area contributed by atoms with Crippen molar-refractivity contribution >= 4 is 17.5 Å². The molecule has 2 aromatic carbocycles. The molecule has 2 aliphatic carbocycles. The van der Waals surface area contributed by atoms with Crippen molar-refractivity contribution in [1.29, 1.82) is 0 Å². The van der Waals surface area contributed by atoms with Crippen molar-refractivity contribution in [3.63, 3.8) is 0 Å². The van der Waals surface area contributed by atoms with E-state index in [-0.39, 0.29) is 34.7 Å². The van der Waals surface area contributed by atoms with Gasteiger partial charge in [-0.1, -0.05) is 81.8 Å². The summed E-state index contributed by atoms with van der Waals surface area (Å²) in [4.78, 5) is 30.3. The van der Waals surface area contributed by atoms with Crippen LogP contribution < -0.4 is 5.32 Å². The molecule has 5 heteroatoms. The number of aryl methyl sites for hydroxylation is 2. The smallest absolute Gasteiger partial charge is 0.249 e. The molecule has 4 atom stereocenters. The number of allylic oxidation sites excluding steroid dienone is 1. The molecule has 1 saturated heterocycles. The van der Waals surface area contributed by atoms with Crippen LogP contribution in [-0.4, -0.2) is 33.5 Å². The lowest BCUT2D eigenvalue weighted by Gasteiger charge is -2.61. The maximum atomic E-state index is 14.5. The highest BCUT2D eigenvalue weighted by molar-refractivity contribution is 6.01. The minimum absolute atomic E-state index is 0.0304. The van der Waals surface area contributed by atoms with E-state index < -0.39 is 11.1 Å². The van der Waals surface area contributed by atoms with Crippen LogP contribution >= 0.6 is 0 Å².